The van der Waals surface area contributed by atoms with E-state index in [2.05, 4.69) is 11.4 Å². The Bertz CT molecular complexity index is 823. The number of nitrogens with zero attached hydrogens (tertiary/aromatic N) is 1. The molecule has 0 atom stereocenters. The molecule has 0 unspecified atom stereocenters. The summed E-state index contributed by atoms with van der Waals surface area (Å²) in [6.07, 6.45) is 1.84. The van der Waals surface area contributed by atoms with Crippen molar-refractivity contribution in [3.8, 4) is 11.8 Å². The first kappa shape index (κ1) is 19.7. The van der Waals surface area contributed by atoms with Crippen LogP contribution in [0.5, 0.6) is 5.75 Å². The highest BCUT2D eigenvalue weighted by Crippen LogP contribution is 2.36. The first-order chi connectivity index (χ1) is 12.6. The first-order valence-electron chi connectivity index (χ1n) is 8.42. The van der Waals surface area contributed by atoms with E-state index < -0.39 is 0 Å². The molecule has 6 nitrogen and oxygen atoms in total. The molecular formula is C20H24N2O4. The number of nitrogens with one attached hydrogen (secondary N) is 1. The molecule has 0 radical (unpaired) electrons. The molecule has 0 bridgehead atoms. The number of aryl methyl sites for hydroxylation is 1. The van der Waals surface area contributed by atoms with E-state index in [0.29, 0.717) is 29.7 Å². The van der Waals surface area contributed by atoms with Crippen LogP contribution in [0.15, 0.2) is 24.3 Å². The molecule has 138 valence electrons. The van der Waals surface area contributed by atoms with E-state index in [1.165, 1.54) is 7.11 Å². The summed E-state index contributed by atoms with van der Waals surface area (Å²) >= 11 is 0. The van der Waals surface area contributed by atoms with Crippen molar-refractivity contribution in [3.63, 3.8) is 0 Å². The maximum absolute atomic E-state index is 12.4. The third-order valence-electron chi connectivity index (χ3n) is 4.44. The number of rotatable bonds is 8. The molecule has 0 saturated heterocycles. The number of carbonyl (C=O) groups is 1. The number of hydrogen-bond acceptors (Lipinski definition) is 5. The van der Waals surface area contributed by atoms with Crippen molar-refractivity contribution in [2.75, 3.05) is 28.4 Å². The summed E-state index contributed by atoms with van der Waals surface area (Å²) in [5.41, 5.74) is 1.66. The Morgan fingerprint density at radius 1 is 1.19 bits per heavy atom. The number of ether oxygens (including phenoxy) is 3. The Morgan fingerprint density at radius 3 is 2.38 bits per heavy atom. The minimum Gasteiger partial charge on any atom is -0.494 e. The van der Waals surface area contributed by atoms with Gasteiger partial charge in [0.05, 0.1) is 18.2 Å². The van der Waals surface area contributed by atoms with Crippen LogP contribution >= 0.6 is 0 Å². The molecule has 0 aliphatic rings. The SMILES string of the molecule is CNC(=O)c1c(OC)c(C#N)c(CCCC(OC)OC)c2ccccc12. The van der Waals surface area contributed by atoms with Gasteiger partial charge in [0.1, 0.15) is 11.8 Å². The topological polar surface area (TPSA) is 80.6 Å². The van der Waals surface area contributed by atoms with Crippen molar-refractivity contribution in [2.24, 2.45) is 0 Å². The normalized spacial score (nSPS) is 10.8. The Labute approximate surface area is 153 Å². The summed E-state index contributed by atoms with van der Waals surface area (Å²) in [7, 11) is 6.25. The predicted molar refractivity (Wildman–Crippen MR) is 99.3 cm³/mol. The number of carbonyl (C=O) groups excluding carboxylic acids is 1. The molecule has 1 N–H and O–H groups in total. The third kappa shape index (κ3) is 3.79. The molecular weight excluding hydrogens is 332 g/mol. The largest absolute Gasteiger partial charge is 0.494 e. The van der Waals surface area contributed by atoms with Crippen molar-refractivity contribution in [1.82, 2.24) is 5.32 Å². The van der Waals surface area contributed by atoms with Gasteiger partial charge in [0.15, 0.2) is 6.29 Å². The van der Waals surface area contributed by atoms with Gasteiger partial charge in [0.2, 0.25) is 0 Å². The second kappa shape index (κ2) is 9.18. The fourth-order valence-electron chi connectivity index (χ4n) is 3.19. The van der Waals surface area contributed by atoms with Crippen LogP contribution in [-0.2, 0) is 15.9 Å². The molecule has 1 amide bonds. The molecule has 0 saturated carbocycles. The Morgan fingerprint density at radius 2 is 1.85 bits per heavy atom. The zero-order valence-corrected chi connectivity index (χ0v) is 15.6. The van der Waals surface area contributed by atoms with Gasteiger partial charge in [0.25, 0.3) is 5.91 Å². The van der Waals surface area contributed by atoms with Gasteiger partial charge < -0.3 is 19.5 Å². The van der Waals surface area contributed by atoms with E-state index in [9.17, 15) is 10.1 Å². The summed E-state index contributed by atoms with van der Waals surface area (Å²) in [5.74, 6) is 0.0375. The van der Waals surface area contributed by atoms with Crippen molar-refractivity contribution in [1.29, 1.82) is 5.26 Å². The smallest absolute Gasteiger partial charge is 0.255 e. The Hall–Kier alpha value is -2.62. The highest BCUT2D eigenvalue weighted by atomic mass is 16.7. The van der Waals surface area contributed by atoms with Gasteiger partial charge in [-0.2, -0.15) is 5.26 Å². The molecule has 2 aromatic carbocycles. The molecule has 2 aromatic rings. The lowest BCUT2D eigenvalue weighted by Gasteiger charge is -2.18. The van der Waals surface area contributed by atoms with Crippen LogP contribution in [0.4, 0.5) is 0 Å². The van der Waals surface area contributed by atoms with Crippen molar-refractivity contribution < 1.29 is 19.0 Å². The van der Waals surface area contributed by atoms with Gasteiger partial charge >= 0.3 is 0 Å². The van der Waals surface area contributed by atoms with Crippen LogP contribution in [0.3, 0.4) is 0 Å². The maximum atomic E-state index is 12.4. The fourth-order valence-corrected chi connectivity index (χ4v) is 3.19. The summed E-state index contributed by atoms with van der Waals surface area (Å²) in [6.45, 7) is 0. The van der Waals surface area contributed by atoms with E-state index in [1.807, 2.05) is 24.3 Å². The average Bonchev–Trinajstić information content (AvgIpc) is 2.69. The van der Waals surface area contributed by atoms with Gasteiger partial charge in [-0.1, -0.05) is 24.3 Å². The van der Waals surface area contributed by atoms with Crippen LogP contribution < -0.4 is 10.1 Å². The molecule has 0 fully saturated rings. The summed E-state index contributed by atoms with van der Waals surface area (Å²) in [6, 6.07) is 9.81. The number of amides is 1. The summed E-state index contributed by atoms with van der Waals surface area (Å²) < 4.78 is 15.9. The minimum absolute atomic E-state index is 0.278. The number of nitriles is 1. The Kier molecular flexibility index (Phi) is 6.96. The van der Waals surface area contributed by atoms with Crippen molar-refractivity contribution in [2.45, 2.75) is 25.6 Å². The molecule has 26 heavy (non-hydrogen) atoms. The molecule has 0 aliphatic heterocycles. The highest BCUT2D eigenvalue weighted by Gasteiger charge is 2.23. The van der Waals surface area contributed by atoms with E-state index in [1.54, 1.807) is 21.3 Å². The highest BCUT2D eigenvalue weighted by molar-refractivity contribution is 6.11. The lowest BCUT2D eigenvalue weighted by molar-refractivity contribution is -0.106. The first-order valence-corrected chi connectivity index (χ1v) is 8.42. The van der Waals surface area contributed by atoms with Gasteiger partial charge in [0, 0.05) is 21.3 Å². The zero-order valence-electron chi connectivity index (χ0n) is 15.6. The second-order valence-electron chi connectivity index (χ2n) is 5.79. The zero-order chi connectivity index (χ0) is 19.1. The second-order valence-corrected chi connectivity index (χ2v) is 5.79. The quantitative estimate of drug-likeness (QED) is 0.736. The third-order valence-corrected chi connectivity index (χ3v) is 4.44. The average molecular weight is 356 g/mol. The van der Waals surface area contributed by atoms with Gasteiger partial charge in [-0.3, -0.25) is 4.79 Å². The summed E-state index contributed by atoms with van der Waals surface area (Å²) in [5, 5.41) is 14.0. The van der Waals surface area contributed by atoms with Crippen molar-refractivity contribution >= 4 is 16.7 Å². The fraction of sp³-hybridized carbons (Fsp3) is 0.400. The monoisotopic (exact) mass is 356 g/mol. The van der Waals surface area contributed by atoms with Crippen LogP contribution in [0.1, 0.15) is 34.3 Å². The number of benzene rings is 2. The molecule has 0 aromatic heterocycles. The molecule has 0 heterocycles. The van der Waals surface area contributed by atoms with E-state index in [-0.39, 0.29) is 12.2 Å². The number of methoxy groups -OCH3 is 3. The molecule has 0 spiro atoms. The standard InChI is InChI=1S/C20H24N2O4/c1-22-20(23)18-15-9-6-5-8-13(15)14(16(12-21)19(18)26-4)10-7-11-17(24-2)25-3/h5-6,8-9,17H,7,10-11H2,1-4H3,(H,22,23). The number of hydrogen-bond donors (Lipinski definition) is 1. The van der Waals surface area contributed by atoms with Crippen LogP contribution in [0, 0.1) is 11.3 Å². The minimum atomic E-state index is -0.279. The van der Waals surface area contributed by atoms with E-state index in [0.717, 1.165) is 22.8 Å². The maximum Gasteiger partial charge on any atom is 0.255 e. The van der Waals surface area contributed by atoms with Crippen LogP contribution in [0.25, 0.3) is 10.8 Å². The van der Waals surface area contributed by atoms with Gasteiger partial charge in [-0.25, -0.2) is 0 Å². The van der Waals surface area contributed by atoms with Crippen molar-refractivity contribution in [3.05, 3.63) is 41.0 Å². The molecule has 2 rings (SSSR count). The molecule has 6 heteroatoms. The van der Waals surface area contributed by atoms with Gasteiger partial charge in [-0.15, -0.1) is 0 Å². The predicted octanol–water partition coefficient (Wildman–Crippen LogP) is 3.02. The summed E-state index contributed by atoms with van der Waals surface area (Å²) in [4.78, 5) is 12.4. The van der Waals surface area contributed by atoms with Gasteiger partial charge in [-0.05, 0) is 35.6 Å². The van der Waals surface area contributed by atoms with E-state index in [4.69, 9.17) is 14.2 Å². The van der Waals surface area contributed by atoms with Crippen LogP contribution in [0.2, 0.25) is 0 Å². The van der Waals surface area contributed by atoms with E-state index >= 15 is 0 Å². The number of fused-ring (bicyclic) bond motifs is 1. The van der Waals surface area contributed by atoms with Crippen LogP contribution in [-0.4, -0.2) is 40.6 Å². The lowest BCUT2D eigenvalue weighted by Crippen LogP contribution is -2.20. The Balaban J connectivity index is 2.59. The molecule has 0 aliphatic carbocycles. The lowest BCUT2D eigenvalue weighted by atomic mass is 9.90.